The van der Waals surface area contributed by atoms with Crippen molar-refractivity contribution in [2.24, 2.45) is 0 Å². The van der Waals surface area contributed by atoms with E-state index in [0.29, 0.717) is 15.9 Å². The number of H-pyrrole nitrogens is 1. The number of nitrogens with zero attached hydrogens (tertiary/aromatic N) is 1. The molecule has 20 heavy (non-hydrogen) atoms. The van der Waals surface area contributed by atoms with Gasteiger partial charge in [0.2, 0.25) is 5.91 Å². The molecule has 1 aromatic carbocycles. The van der Waals surface area contributed by atoms with Gasteiger partial charge < -0.3 is 10.3 Å². The van der Waals surface area contributed by atoms with Gasteiger partial charge in [-0.1, -0.05) is 23.4 Å². The van der Waals surface area contributed by atoms with E-state index in [1.54, 1.807) is 18.2 Å². The van der Waals surface area contributed by atoms with Crippen molar-refractivity contribution < 1.29 is 4.79 Å². The summed E-state index contributed by atoms with van der Waals surface area (Å²) in [7, 11) is 0. The smallest absolute Gasteiger partial charge is 0.251 e. The lowest BCUT2D eigenvalue weighted by molar-refractivity contribution is -0.113. The Morgan fingerprint density at radius 2 is 2.25 bits per heavy atom. The molecular weight excluding hydrogens is 298 g/mol. The molecule has 2 N–H and O–H groups in total. The number of anilines is 1. The summed E-state index contributed by atoms with van der Waals surface area (Å²) in [5.41, 5.74) is 1.34. The highest BCUT2D eigenvalue weighted by Crippen LogP contribution is 2.19. The van der Waals surface area contributed by atoms with Crippen LogP contribution in [0.5, 0.6) is 0 Å². The fourth-order valence-corrected chi connectivity index (χ4v) is 2.24. The lowest BCUT2D eigenvalue weighted by Gasteiger charge is -2.06. The highest BCUT2D eigenvalue weighted by molar-refractivity contribution is 7.99. The number of benzene rings is 1. The summed E-state index contributed by atoms with van der Waals surface area (Å²) < 4.78 is 0. The van der Waals surface area contributed by atoms with Crippen LogP contribution in [-0.4, -0.2) is 21.6 Å². The lowest BCUT2D eigenvalue weighted by Crippen LogP contribution is -2.15. The molecule has 0 aliphatic heterocycles. The van der Waals surface area contributed by atoms with E-state index in [1.807, 2.05) is 6.92 Å². The number of aromatic nitrogens is 2. The second-order valence-electron chi connectivity index (χ2n) is 4.04. The Morgan fingerprint density at radius 1 is 1.45 bits per heavy atom. The number of amides is 1. The minimum Gasteiger partial charge on any atom is -0.325 e. The Labute approximate surface area is 124 Å². The molecule has 0 aliphatic rings. The molecule has 0 bridgehead atoms. The Kier molecular flexibility index (Phi) is 4.81. The van der Waals surface area contributed by atoms with Gasteiger partial charge in [-0.2, -0.15) is 0 Å². The van der Waals surface area contributed by atoms with E-state index in [-0.39, 0.29) is 17.2 Å². The van der Waals surface area contributed by atoms with E-state index >= 15 is 0 Å². The van der Waals surface area contributed by atoms with Gasteiger partial charge >= 0.3 is 0 Å². The molecule has 1 heterocycles. The van der Waals surface area contributed by atoms with E-state index in [2.05, 4.69) is 15.3 Å². The molecule has 0 fully saturated rings. The molecule has 2 rings (SSSR count). The summed E-state index contributed by atoms with van der Waals surface area (Å²) in [6.45, 7) is 1.87. The first-order valence-electron chi connectivity index (χ1n) is 5.79. The van der Waals surface area contributed by atoms with Crippen LogP contribution in [0.15, 0.2) is 40.4 Å². The van der Waals surface area contributed by atoms with Crippen molar-refractivity contribution >= 4 is 35.0 Å². The van der Waals surface area contributed by atoms with E-state index in [0.717, 1.165) is 17.3 Å². The van der Waals surface area contributed by atoms with Crippen LogP contribution in [0, 0.1) is 6.92 Å². The Balaban J connectivity index is 1.92. The third-order valence-corrected chi connectivity index (χ3v) is 3.74. The van der Waals surface area contributed by atoms with Crippen LogP contribution in [0.1, 0.15) is 5.56 Å². The normalized spacial score (nSPS) is 10.3. The van der Waals surface area contributed by atoms with Gasteiger partial charge in [0.15, 0.2) is 5.16 Å². The zero-order chi connectivity index (χ0) is 14.5. The second kappa shape index (κ2) is 6.58. The Hall–Kier alpha value is -1.79. The first-order chi connectivity index (χ1) is 9.54. The second-order valence-corrected chi connectivity index (χ2v) is 5.41. The topological polar surface area (TPSA) is 74.8 Å². The van der Waals surface area contributed by atoms with Gasteiger partial charge in [0.05, 0.1) is 5.75 Å². The molecule has 0 atom stereocenters. The van der Waals surface area contributed by atoms with Crippen molar-refractivity contribution in [3.63, 3.8) is 0 Å². The highest BCUT2D eigenvalue weighted by Gasteiger charge is 2.06. The van der Waals surface area contributed by atoms with Crippen LogP contribution in [0.2, 0.25) is 5.02 Å². The summed E-state index contributed by atoms with van der Waals surface area (Å²) in [6.07, 6.45) is 1.40. The maximum atomic E-state index is 11.8. The number of aromatic amines is 1. The van der Waals surface area contributed by atoms with Gasteiger partial charge in [-0.05, 0) is 30.7 Å². The molecule has 0 aliphatic carbocycles. The zero-order valence-electron chi connectivity index (χ0n) is 10.6. The fraction of sp³-hybridized carbons (Fsp3) is 0.154. The van der Waals surface area contributed by atoms with Crippen LogP contribution in [0.4, 0.5) is 5.69 Å². The molecular formula is C13H12ClN3O2S. The molecule has 2 aromatic rings. The summed E-state index contributed by atoms with van der Waals surface area (Å²) in [5.74, 6) is -0.0162. The number of nitrogens with one attached hydrogen (secondary N) is 2. The number of carbonyl (C=O) groups is 1. The lowest BCUT2D eigenvalue weighted by atomic mass is 10.2. The molecule has 0 saturated carbocycles. The summed E-state index contributed by atoms with van der Waals surface area (Å²) >= 11 is 7.08. The average Bonchev–Trinajstić information content (AvgIpc) is 2.41. The quantitative estimate of drug-likeness (QED) is 0.672. The highest BCUT2D eigenvalue weighted by atomic mass is 35.5. The number of rotatable bonds is 4. The molecule has 1 amide bonds. The number of halogens is 1. The molecule has 0 spiro atoms. The van der Waals surface area contributed by atoms with Crippen LogP contribution in [0.3, 0.4) is 0 Å². The van der Waals surface area contributed by atoms with Crippen LogP contribution >= 0.6 is 23.4 Å². The standard InChI is InChI=1S/C13H12ClN3O2S/c1-8-6-9(2-3-10(8)14)16-12(19)7-20-13-15-5-4-11(18)17-13/h2-6H,7H2,1H3,(H,16,19)(H,15,17,18). The third-order valence-electron chi connectivity index (χ3n) is 2.43. The maximum Gasteiger partial charge on any atom is 0.251 e. The van der Waals surface area contributed by atoms with Gasteiger partial charge in [-0.3, -0.25) is 9.59 Å². The zero-order valence-corrected chi connectivity index (χ0v) is 12.2. The molecule has 104 valence electrons. The number of carbonyl (C=O) groups excluding carboxylic acids is 1. The number of hydrogen-bond donors (Lipinski definition) is 2. The SMILES string of the molecule is Cc1cc(NC(=O)CSc2nccc(=O)[nH]2)ccc1Cl. The first kappa shape index (κ1) is 14.6. The van der Waals surface area contributed by atoms with E-state index in [1.165, 1.54) is 12.3 Å². The van der Waals surface area contributed by atoms with Crippen molar-refractivity contribution in [2.75, 3.05) is 11.1 Å². The van der Waals surface area contributed by atoms with Crippen LogP contribution in [-0.2, 0) is 4.79 Å². The summed E-state index contributed by atoms with van der Waals surface area (Å²) in [4.78, 5) is 29.4. The number of hydrogen-bond acceptors (Lipinski definition) is 4. The van der Waals surface area contributed by atoms with Gasteiger partial charge in [0.1, 0.15) is 0 Å². The Morgan fingerprint density at radius 3 is 2.95 bits per heavy atom. The minimum absolute atomic E-state index is 0.161. The predicted molar refractivity (Wildman–Crippen MR) is 80.4 cm³/mol. The number of thioether (sulfide) groups is 1. The Bertz CT molecular complexity index is 687. The van der Waals surface area contributed by atoms with Crippen molar-refractivity contribution in [1.29, 1.82) is 0 Å². The van der Waals surface area contributed by atoms with Gasteiger partial charge in [0.25, 0.3) is 5.56 Å². The van der Waals surface area contributed by atoms with Crippen molar-refractivity contribution in [3.8, 4) is 0 Å². The van der Waals surface area contributed by atoms with E-state index in [4.69, 9.17) is 11.6 Å². The molecule has 5 nitrogen and oxygen atoms in total. The average molecular weight is 310 g/mol. The van der Waals surface area contributed by atoms with Crippen LogP contribution < -0.4 is 10.9 Å². The van der Waals surface area contributed by atoms with Crippen LogP contribution in [0.25, 0.3) is 0 Å². The van der Waals surface area contributed by atoms with Gasteiger partial charge in [-0.15, -0.1) is 0 Å². The molecule has 1 aromatic heterocycles. The predicted octanol–water partition coefficient (Wildman–Crippen LogP) is 2.46. The van der Waals surface area contributed by atoms with Gasteiger partial charge in [-0.25, -0.2) is 4.98 Å². The number of aryl methyl sites for hydroxylation is 1. The summed E-state index contributed by atoms with van der Waals surface area (Å²) in [5, 5.41) is 3.83. The molecule has 0 radical (unpaired) electrons. The van der Waals surface area contributed by atoms with Gasteiger partial charge in [0, 0.05) is 23.0 Å². The molecule has 7 heteroatoms. The first-order valence-corrected chi connectivity index (χ1v) is 7.15. The van der Waals surface area contributed by atoms with Crippen molar-refractivity contribution in [1.82, 2.24) is 9.97 Å². The monoisotopic (exact) mass is 309 g/mol. The fourth-order valence-electron chi connectivity index (χ4n) is 1.48. The third kappa shape index (κ3) is 4.11. The van der Waals surface area contributed by atoms with Crippen molar-refractivity contribution in [2.45, 2.75) is 12.1 Å². The van der Waals surface area contributed by atoms with E-state index in [9.17, 15) is 9.59 Å². The van der Waals surface area contributed by atoms with E-state index < -0.39 is 0 Å². The minimum atomic E-state index is -0.240. The molecule has 0 saturated heterocycles. The largest absolute Gasteiger partial charge is 0.325 e. The maximum absolute atomic E-state index is 11.8. The molecule has 0 unspecified atom stereocenters. The van der Waals surface area contributed by atoms with Crippen molar-refractivity contribution in [3.05, 3.63) is 51.4 Å². The summed E-state index contributed by atoms with van der Waals surface area (Å²) in [6, 6.07) is 6.59.